The maximum atomic E-state index is 11.3. The summed E-state index contributed by atoms with van der Waals surface area (Å²) in [6, 6.07) is 18.2. The van der Waals surface area contributed by atoms with Crippen molar-refractivity contribution in [3.63, 3.8) is 0 Å². The van der Waals surface area contributed by atoms with Gasteiger partial charge in [-0.2, -0.15) is 0 Å². The Labute approximate surface area is 161 Å². The third-order valence-electron chi connectivity index (χ3n) is 5.21. The number of hydrogen-bond acceptors (Lipinski definition) is 3. The van der Waals surface area contributed by atoms with E-state index in [9.17, 15) is 9.90 Å². The van der Waals surface area contributed by atoms with E-state index in [4.69, 9.17) is 4.74 Å². The average molecular weight is 365 g/mol. The molecule has 0 bridgehead atoms. The summed E-state index contributed by atoms with van der Waals surface area (Å²) in [6.45, 7) is 4.32. The van der Waals surface area contributed by atoms with E-state index in [2.05, 4.69) is 17.1 Å². The second-order valence-electron chi connectivity index (χ2n) is 7.07. The van der Waals surface area contributed by atoms with Crippen LogP contribution in [-0.4, -0.2) is 35.1 Å². The first-order valence-corrected chi connectivity index (χ1v) is 9.53. The molecule has 4 heteroatoms. The molecule has 4 nitrogen and oxygen atoms in total. The first-order chi connectivity index (χ1) is 13.1. The molecule has 27 heavy (non-hydrogen) atoms. The van der Waals surface area contributed by atoms with Crippen LogP contribution in [0.3, 0.4) is 0 Å². The Kier molecular flexibility index (Phi) is 6.66. The molecule has 2 aromatic carbocycles. The molecule has 1 fully saturated rings. The number of nitrogens with zero attached hydrogens (tertiary/aromatic N) is 1. The van der Waals surface area contributed by atoms with Crippen molar-refractivity contribution in [1.82, 2.24) is 4.90 Å². The number of likely N-dealkylation sites (tertiary alicyclic amines) is 1. The van der Waals surface area contributed by atoms with E-state index in [1.165, 1.54) is 0 Å². The number of ether oxygens (including phenoxy) is 1. The van der Waals surface area contributed by atoms with E-state index >= 15 is 0 Å². The molecular formula is C23H27NO3. The molecule has 1 aliphatic heterocycles. The Balaban J connectivity index is 1.50. The van der Waals surface area contributed by atoms with Gasteiger partial charge in [0.2, 0.25) is 0 Å². The van der Waals surface area contributed by atoms with Crippen LogP contribution in [0.25, 0.3) is 6.08 Å². The molecule has 1 saturated heterocycles. The monoisotopic (exact) mass is 365 g/mol. The predicted molar refractivity (Wildman–Crippen MR) is 108 cm³/mol. The SMILES string of the molecule is C[C@@H]1[C@H](C(=O)O)CCCN1C/C=C/c1ccc(OCc2ccccc2)cc1. The van der Waals surface area contributed by atoms with Crippen molar-refractivity contribution in [2.24, 2.45) is 5.92 Å². The Morgan fingerprint density at radius 2 is 1.93 bits per heavy atom. The normalized spacial score (nSPS) is 20.6. The molecule has 1 N–H and O–H groups in total. The number of aliphatic carboxylic acids is 1. The Morgan fingerprint density at radius 1 is 1.19 bits per heavy atom. The van der Waals surface area contributed by atoms with Gasteiger partial charge in [-0.15, -0.1) is 0 Å². The highest BCUT2D eigenvalue weighted by Crippen LogP contribution is 2.23. The van der Waals surface area contributed by atoms with E-state index in [1.807, 2.05) is 61.5 Å². The Bertz CT molecular complexity index is 755. The highest BCUT2D eigenvalue weighted by atomic mass is 16.5. The van der Waals surface area contributed by atoms with Gasteiger partial charge in [-0.25, -0.2) is 0 Å². The number of benzene rings is 2. The standard InChI is InChI=1S/C23H27NO3/c1-18-22(23(25)26)10-6-16-24(18)15-5-9-19-11-13-21(14-12-19)27-17-20-7-3-2-4-8-20/h2-5,7-9,11-14,18,22H,6,10,15-17H2,1H3,(H,25,26)/b9-5+/t18-,22-/m1/s1. The molecule has 0 aromatic heterocycles. The zero-order valence-corrected chi connectivity index (χ0v) is 15.8. The molecule has 0 unspecified atom stereocenters. The molecule has 0 amide bonds. The lowest BCUT2D eigenvalue weighted by Crippen LogP contribution is -2.46. The van der Waals surface area contributed by atoms with Gasteiger partial charge in [0.15, 0.2) is 0 Å². The van der Waals surface area contributed by atoms with Crippen molar-refractivity contribution >= 4 is 12.0 Å². The number of rotatable bonds is 7. The topological polar surface area (TPSA) is 49.8 Å². The molecular weight excluding hydrogens is 338 g/mol. The van der Waals surface area contributed by atoms with Crippen LogP contribution in [-0.2, 0) is 11.4 Å². The summed E-state index contributed by atoms with van der Waals surface area (Å²) in [5.74, 6) is -0.0829. The summed E-state index contributed by atoms with van der Waals surface area (Å²) >= 11 is 0. The summed E-state index contributed by atoms with van der Waals surface area (Å²) in [6.07, 6.45) is 5.92. The fraction of sp³-hybridized carbons (Fsp3) is 0.348. The zero-order chi connectivity index (χ0) is 19.1. The van der Waals surface area contributed by atoms with Crippen LogP contribution in [0, 0.1) is 5.92 Å². The lowest BCUT2D eigenvalue weighted by molar-refractivity contribution is -0.145. The first-order valence-electron chi connectivity index (χ1n) is 9.53. The lowest BCUT2D eigenvalue weighted by atomic mass is 9.90. The van der Waals surface area contributed by atoms with E-state index in [0.717, 1.165) is 42.8 Å². The van der Waals surface area contributed by atoms with E-state index < -0.39 is 5.97 Å². The Morgan fingerprint density at radius 3 is 2.63 bits per heavy atom. The van der Waals surface area contributed by atoms with E-state index in [-0.39, 0.29) is 12.0 Å². The molecule has 2 atom stereocenters. The highest BCUT2D eigenvalue weighted by Gasteiger charge is 2.31. The van der Waals surface area contributed by atoms with Crippen LogP contribution in [0.15, 0.2) is 60.7 Å². The van der Waals surface area contributed by atoms with Gasteiger partial charge in [-0.1, -0.05) is 54.6 Å². The molecule has 0 aliphatic carbocycles. The quantitative estimate of drug-likeness (QED) is 0.787. The second-order valence-corrected chi connectivity index (χ2v) is 7.07. The van der Waals surface area contributed by atoms with Gasteiger partial charge in [-0.05, 0) is 49.6 Å². The van der Waals surface area contributed by atoms with Crippen LogP contribution >= 0.6 is 0 Å². The zero-order valence-electron chi connectivity index (χ0n) is 15.8. The van der Waals surface area contributed by atoms with Crippen molar-refractivity contribution in [3.8, 4) is 5.75 Å². The van der Waals surface area contributed by atoms with Crippen LogP contribution in [0.4, 0.5) is 0 Å². The minimum atomic E-state index is -0.678. The third-order valence-corrected chi connectivity index (χ3v) is 5.21. The minimum Gasteiger partial charge on any atom is -0.489 e. The number of hydrogen-bond donors (Lipinski definition) is 1. The largest absolute Gasteiger partial charge is 0.489 e. The highest BCUT2D eigenvalue weighted by molar-refractivity contribution is 5.71. The van der Waals surface area contributed by atoms with E-state index in [0.29, 0.717) is 6.61 Å². The van der Waals surface area contributed by atoms with Crippen LogP contribution in [0.2, 0.25) is 0 Å². The van der Waals surface area contributed by atoms with Gasteiger partial charge in [0.1, 0.15) is 12.4 Å². The van der Waals surface area contributed by atoms with Crippen molar-refractivity contribution in [2.45, 2.75) is 32.4 Å². The van der Waals surface area contributed by atoms with Gasteiger partial charge in [-0.3, -0.25) is 9.69 Å². The van der Waals surface area contributed by atoms with Gasteiger partial charge in [0.25, 0.3) is 0 Å². The molecule has 0 radical (unpaired) electrons. The third kappa shape index (κ3) is 5.44. The summed E-state index contributed by atoms with van der Waals surface area (Å²) in [7, 11) is 0. The smallest absolute Gasteiger partial charge is 0.308 e. The lowest BCUT2D eigenvalue weighted by Gasteiger charge is -2.36. The fourth-order valence-electron chi connectivity index (χ4n) is 3.54. The Hall–Kier alpha value is -2.59. The van der Waals surface area contributed by atoms with Gasteiger partial charge in [0, 0.05) is 12.6 Å². The number of piperidine rings is 1. The maximum Gasteiger partial charge on any atom is 0.308 e. The van der Waals surface area contributed by atoms with Crippen LogP contribution in [0.1, 0.15) is 30.9 Å². The van der Waals surface area contributed by atoms with Crippen molar-refractivity contribution in [1.29, 1.82) is 0 Å². The fourth-order valence-corrected chi connectivity index (χ4v) is 3.54. The van der Waals surface area contributed by atoms with Crippen molar-refractivity contribution in [3.05, 3.63) is 71.8 Å². The molecule has 0 spiro atoms. The summed E-state index contributed by atoms with van der Waals surface area (Å²) in [5.41, 5.74) is 2.26. The van der Waals surface area contributed by atoms with Crippen molar-refractivity contribution < 1.29 is 14.6 Å². The minimum absolute atomic E-state index is 0.0784. The van der Waals surface area contributed by atoms with E-state index in [1.54, 1.807) is 0 Å². The average Bonchev–Trinajstić information content (AvgIpc) is 2.69. The number of carboxylic acids is 1. The molecule has 142 valence electrons. The van der Waals surface area contributed by atoms with Gasteiger partial charge in [0.05, 0.1) is 5.92 Å². The summed E-state index contributed by atoms with van der Waals surface area (Å²) < 4.78 is 5.81. The van der Waals surface area contributed by atoms with Gasteiger partial charge < -0.3 is 9.84 Å². The first kappa shape index (κ1) is 19.2. The summed E-state index contributed by atoms with van der Waals surface area (Å²) in [4.78, 5) is 13.6. The molecule has 0 saturated carbocycles. The number of carbonyl (C=O) groups is 1. The van der Waals surface area contributed by atoms with Crippen LogP contribution < -0.4 is 4.74 Å². The van der Waals surface area contributed by atoms with Gasteiger partial charge >= 0.3 is 5.97 Å². The van der Waals surface area contributed by atoms with Crippen LogP contribution in [0.5, 0.6) is 5.75 Å². The summed E-state index contributed by atoms with van der Waals surface area (Å²) in [5, 5.41) is 9.32. The number of carboxylic acid groups (broad SMARTS) is 1. The second kappa shape index (κ2) is 9.38. The molecule has 2 aromatic rings. The molecule has 1 heterocycles. The van der Waals surface area contributed by atoms with Crippen molar-refractivity contribution in [2.75, 3.05) is 13.1 Å². The molecule has 3 rings (SSSR count). The predicted octanol–water partition coefficient (Wildman–Crippen LogP) is 4.46. The molecule has 1 aliphatic rings. The maximum absolute atomic E-state index is 11.3.